The molecule has 0 aliphatic carbocycles. The molecule has 0 fully saturated rings. The van der Waals surface area contributed by atoms with Crippen LogP contribution in [0.15, 0.2) is 23.4 Å². The molecule has 1 N–H and O–H groups in total. The van der Waals surface area contributed by atoms with E-state index in [-0.39, 0.29) is 34.0 Å². The highest BCUT2D eigenvalue weighted by Gasteiger charge is 2.04. The highest BCUT2D eigenvalue weighted by atomic mass is 79.9. The molecule has 2 rings (SSSR count). The van der Waals surface area contributed by atoms with Gasteiger partial charge in [0.15, 0.2) is 5.16 Å². The summed E-state index contributed by atoms with van der Waals surface area (Å²) in [5.74, 6) is 1.94. The second-order valence-corrected chi connectivity index (χ2v) is 5.51. The van der Waals surface area contributed by atoms with E-state index < -0.39 is 0 Å². The number of methoxy groups -OCH3 is 1. The molecule has 0 amide bonds. The van der Waals surface area contributed by atoms with Crippen LogP contribution >= 0.6 is 45.7 Å². The van der Waals surface area contributed by atoms with Crippen molar-refractivity contribution in [3.05, 3.63) is 18.2 Å². The summed E-state index contributed by atoms with van der Waals surface area (Å²) in [6.07, 6.45) is 1.16. The lowest BCUT2D eigenvalue weighted by Gasteiger charge is -2.07. The Kier molecular flexibility index (Phi) is 9.54. The smallest absolute Gasteiger partial charge is 0.166 e. The number of aromatic nitrogens is 2. The molecule has 0 spiro atoms. The van der Waals surface area contributed by atoms with Crippen LogP contribution in [0, 0.1) is 0 Å². The second-order valence-electron chi connectivity index (χ2n) is 4.43. The number of halogens is 2. The Balaban J connectivity index is 0.00000180. The number of nitrogens with zero attached hydrogens (tertiary/aromatic N) is 2. The number of benzene rings is 1. The maximum absolute atomic E-state index is 5.20. The molecule has 1 aromatic heterocycles. The maximum atomic E-state index is 5.20. The zero-order valence-corrected chi connectivity index (χ0v) is 16.1. The van der Waals surface area contributed by atoms with Gasteiger partial charge in [0, 0.05) is 11.8 Å². The third-order valence-electron chi connectivity index (χ3n) is 2.66. The van der Waals surface area contributed by atoms with E-state index in [1.165, 1.54) is 0 Å². The highest BCUT2D eigenvalue weighted by molar-refractivity contribution is 8.93. The lowest BCUT2D eigenvalue weighted by molar-refractivity contribution is 0.410. The summed E-state index contributed by atoms with van der Waals surface area (Å²) in [7, 11) is 5.87. The molecule has 0 atom stereocenters. The van der Waals surface area contributed by atoms with Gasteiger partial charge in [-0.15, -0.1) is 34.0 Å². The molecular formula is C13H21Br2N3OS. The fourth-order valence-corrected chi connectivity index (χ4v) is 2.52. The van der Waals surface area contributed by atoms with E-state index in [9.17, 15) is 0 Å². The molecule has 7 heteroatoms. The van der Waals surface area contributed by atoms with Gasteiger partial charge >= 0.3 is 0 Å². The Bertz CT molecular complexity index is 519. The second kappa shape index (κ2) is 9.65. The van der Waals surface area contributed by atoms with Crippen molar-refractivity contribution in [1.29, 1.82) is 0 Å². The monoisotopic (exact) mass is 425 g/mol. The molecule has 0 bridgehead atoms. The standard InChI is InChI=1S/C13H19N3OS.2BrH/c1-16(2)7-4-8-18-13-14-11-6-5-10(17-3)9-12(11)15-13;;/h5-6,9H,4,7-8H2,1-3H3,(H,14,15);2*1H. The average molecular weight is 427 g/mol. The zero-order valence-electron chi connectivity index (χ0n) is 11.9. The van der Waals surface area contributed by atoms with E-state index in [0.29, 0.717) is 0 Å². The first-order valence-electron chi connectivity index (χ1n) is 6.00. The van der Waals surface area contributed by atoms with Crippen LogP contribution in [0.2, 0.25) is 0 Å². The summed E-state index contributed by atoms with van der Waals surface area (Å²) in [6.45, 7) is 1.11. The van der Waals surface area contributed by atoms with Crippen molar-refractivity contribution in [3.63, 3.8) is 0 Å². The Morgan fingerprint density at radius 3 is 2.70 bits per heavy atom. The Labute approximate surface area is 145 Å². The minimum absolute atomic E-state index is 0. The summed E-state index contributed by atoms with van der Waals surface area (Å²) in [4.78, 5) is 10.1. The van der Waals surface area contributed by atoms with Crippen LogP contribution in [0.1, 0.15) is 6.42 Å². The maximum Gasteiger partial charge on any atom is 0.166 e. The van der Waals surface area contributed by atoms with Crippen molar-refractivity contribution >= 4 is 56.8 Å². The predicted molar refractivity (Wildman–Crippen MR) is 97.2 cm³/mol. The number of hydrogen-bond donors (Lipinski definition) is 1. The number of rotatable bonds is 6. The molecule has 20 heavy (non-hydrogen) atoms. The van der Waals surface area contributed by atoms with Crippen LogP contribution < -0.4 is 4.74 Å². The van der Waals surface area contributed by atoms with E-state index in [1.54, 1.807) is 18.9 Å². The third-order valence-corrected chi connectivity index (χ3v) is 3.62. The fraction of sp³-hybridized carbons (Fsp3) is 0.462. The van der Waals surface area contributed by atoms with Gasteiger partial charge in [0.05, 0.1) is 18.1 Å². The minimum Gasteiger partial charge on any atom is -0.497 e. The Morgan fingerprint density at radius 2 is 2.05 bits per heavy atom. The third kappa shape index (κ3) is 5.63. The van der Waals surface area contributed by atoms with Crippen LogP contribution in [0.25, 0.3) is 11.0 Å². The summed E-state index contributed by atoms with van der Waals surface area (Å²) in [6, 6.07) is 5.89. The highest BCUT2D eigenvalue weighted by Crippen LogP contribution is 2.23. The van der Waals surface area contributed by atoms with Crippen molar-refractivity contribution in [2.24, 2.45) is 0 Å². The largest absolute Gasteiger partial charge is 0.497 e. The van der Waals surface area contributed by atoms with Crippen LogP contribution in [-0.4, -0.2) is 48.4 Å². The van der Waals surface area contributed by atoms with Crippen molar-refractivity contribution < 1.29 is 4.74 Å². The average Bonchev–Trinajstić information content (AvgIpc) is 2.75. The quantitative estimate of drug-likeness (QED) is 0.563. The summed E-state index contributed by atoms with van der Waals surface area (Å²) in [5.41, 5.74) is 2.02. The molecule has 0 saturated carbocycles. The first-order valence-corrected chi connectivity index (χ1v) is 6.99. The number of ether oxygens (including phenoxy) is 1. The number of thioether (sulfide) groups is 1. The van der Waals surface area contributed by atoms with Crippen molar-refractivity contribution in [3.8, 4) is 5.75 Å². The molecule has 4 nitrogen and oxygen atoms in total. The minimum atomic E-state index is 0. The molecule has 0 saturated heterocycles. The van der Waals surface area contributed by atoms with Gasteiger partial charge in [0.1, 0.15) is 5.75 Å². The normalized spacial score (nSPS) is 10.2. The van der Waals surface area contributed by atoms with E-state index in [1.807, 2.05) is 18.2 Å². The summed E-state index contributed by atoms with van der Waals surface area (Å²) in [5, 5.41) is 0.983. The first-order chi connectivity index (χ1) is 8.69. The fourth-order valence-electron chi connectivity index (χ4n) is 1.71. The van der Waals surface area contributed by atoms with E-state index in [4.69, 9.17) is 4.74 Å². The van der Waals surface area contributed by atoms with Crippen LogP contribution in [0.5, 0.6) is 5.75 Å². The molecule has 0 unspecified atom stereocenters. The Morgan fingerprint density at radius 1 is 1.30 bits per heavy atom. The molecule has 1 aromatic carbocycles. The van der Waals surface area contributed by atoms with Crippen LogP contribution in [0.3, 0.4) is 0 Å². The molecule has 114 valence electrons. The van der Waals surface area contributed by atoms with E-state index in [2.05, 4.69) is 29.0 Å². The van der Waals surface area contributed by atoms with Gasteiger partial charge in [-0.2, -0.15) is 0 Å². The number of aromatic amines is 1. The molecule has 0 aliphatic rings. The summed E-state index contributed by atoms with van der Waals surface area (Å²) < 4.78 is 5.20. The lowest BCUT2D eigenvalue weighted by Crippen LogP contribution is -2.13. The van der Waals surface area contributed by atoms with Crippen LogP contribution in [-0.2, 0) is 0 Å². The van der Waals surface area contributed by atoms with E-state index >= 15 is 0 Å². The molecule has 2 aromatic rings. The first kappa shape index (κ1) is 19.8. The predicted octanol–water partition coefficient (Wildman–Crippen LogP) is 3.77. The molecular weight excluding hydrogens is 406 g/mol. The topological polar surface area (TPSA) is 41.1 Å². The number of H-pyrrole nitrogens is 1. The van der Waals surface area contributed by atoms with E-state index in [0.717, 1.165) is 40.7 Å². The zero-order chi connectivity index (χ0) is 13.0. The van der Waals surface area contributed by atoms with Gasteiger partial charge in [0.2, 0.25) is 0 Å². The number of hydrogen-bond acceptors (Lipinski definition) is 4. The van der Waals surface area contributed by atoms with Crippen molar-refractivity contribution in [2.45, 2.75) is 11.6 Å². The van der Waals surface area contributed by atoms with Gasteiger partial charge in [-0.3, -0.25) is 0 Å². The molecule has 0 radical (unpaired) electrons. The van der Waals surface area contributed by atoms with Gasteiger partial charge in [-0.25, -0.2) is 4.98 Å². The molecule has 1 heterocycles. The Hall–Kier alpha value is -0.240. The van der Waals surface area contributed by atoms with Gasteiger partial charge < -0.3 is 14.6 Å². The van der Waals surface area contributed by atoms with Crippen molar-refractivity contribution in [2.75, 3.05) is 33.5 Å². The lowest BCUT2D eigenvalue weighted by atomic mass is 10.3. The number of fused-ring (bicyclic) bond motifs is 1. The summed E-state index contributed by atoms with van der Waals surface area (Å²) >= 11 is 1.77. The number of nitrogens with one attached hydrogen (secondary N) is 1. The van der Waals surface area contributed by atoms with Crippen LogP contribution in [0.4, 0.5) is 0 Å². The number of imidazole rings is 1. The molecule has 0 aliphatic heterocycles. The van der Waals surface area contributed by atoms with Gasteiger partial charge in [-0.05, 0) is 39.2 Å². The van der Waals surface area contributed by atoms with Crippen molar-refractivity contribution in [1.82, 2.24) is 14.9 Å². The van der Waals surface area contributed by atoms with Gasteiger partial charge in [0.25, 0.3) is 0 Å². The van der Waals surface area contributed by atoms with Gasteiger partial charge in [-0.1, -0.05) is 11.8 Å². The SMILES string of the molecule is Br.Br.COc1ccc2nc(SCCCN(C)C)[nH]c2c1.